The molecule has 1 aromatic heterocycles. The number of aryl methyl sites for hydroxylation is 1. The normalized spacial score (nSPS) is 13.9. The van der Waals surface area contributed by atoms with Crippen molar-refractivity contribution in [1.82, 2.24) is 10.3 Å². The van der Waals surface area contributed by atoms with Gasteiger partial charge in [-0.1, -0.05) is 36.4 Å². The van der Waals surface area contributed by atoms with Crippen molar-refractivity contribution in [2.24, 2.45) is 0 Å². The highest BCUT2D eigenvalue weighted by atomic mass is 32.2. The van der Waals surface area contributed by atoms with Crippen LogP contribution in [0.5, 0.6) is 0 Å². The maximum absolute atomic E-state index is 11.6. The van der Waals surface area contributed by atoms with E-state index in [4.69, 9.17) is 0 Å². The van der Waals surface area contributed by atoms with Crippen LogP contribution in [0.4, 0.5) is 0 Å². The molecule has 0 bridgehead atoms. The summed E-state index contributed by atoms with van der Waals surface area (Å²) >= 11 is 0. The molecule has 0 saturated heterocycles. The van der Waals surface area contributed by atoms with E-state index in [9.17, 15) is 4.21 Å². The predicted molar refractivity (Wildman–Crippen MR) is 83.9 cm³/mol. The Morgan fingerprint density at radius 2 is 1.95 bits per heavy atom. The summed E-state index contributed by atoms with van der Waals surface area (Å²) in [5.41, 5.74) is 3.38. The van der Waals surface area contributed by atoms with Crippen molar-refractivity contribution >= 4 is 10.8 Å². The second kappa shape index (κ2) is 7.31. The van der Waals surface area contributed by atoms with E-state index >= 15 is 0 Å². The van der Waals surface area contributed by atoms with Gasteiger partial charge in [-0.2, -0.15) is 0 Å². The number of pyridine rings is 1. The third-order valence-corrected chi connectivity index (χ3v) is 4.06. The number of hydrogen-bond donors (Lipinski definition) is 1. The Morgan fingerprint density at radius 1 is 1.20 bits per heavy atom. The van der Waals surface area contributed by atoms with Crippen LogP contribution in [-0.4, -0.2) is 21.2 Å². The quantitative estimate of drug-likeness (QED) is 0.888. The molecule has 2 rings (SSSR count). The summed E-state index contributed by atoms with van der Waals surface area (Å²) in [5.74, 6) is 0.614. The number of hydrogen-bond acceptors (Lipinski definition) is 3. The maximum Gasteiger partial charge on any atom is 0.0439 e. The molecular formula is C16H20N2OS. The fourth-order valence-corrected chi connectivity index (χ4v) is 2.91. The first-order valence-corrected chi connectivity index (χ1v) is 8.38. The van der Waals surface area contributed by atoms with Crippen molar-refractivity contribution in [1.29, 1.82) is 0 Å². The van der Waals surface area contributed by atoms with Crippen LogP contribution in [0.25, 0.3) is 0 Å². The average molecular weight is 288 g/mol. The number of nitrogens with zero attached hydrogens (tertiary/aromatic N) is 1. The van der Waals surface area contributed by atoms with Crippen molar-refractivity contribution in [3.8, 4) is 0 Å². The van der Waals surface area contributed by atoms with Crippen LogP contribution >= 0.6 is 0 Å². The second-order valence-electron chi connectivity index (χ2n) is 4.83. The van der Waals surface area contributed by atoms with Gasteiger partial charge in [0.25, 0.3) is 0 Å². The van der Waals surface area contributed by atoms with E-state index < -0.39 is 10.8 Å². The molecule has 0 radical (unpaired) electrons. The van der Waals surface area contributed by atoms with Crippen LogP contribution in [0.1, 0.15) is 22.9 Å². The van der Waals surface area contributed by atoms with Gasteiger partial charge in [0.05, 0.1) is 0 Å². The van der Waals surface area contributed by atoms with Gasteiger partial charge in [-0.15, -0.1) is 0 Å². The maximum atomic E-state index is 11.6. The topological polar surface area (TPSA) is 42.0 Å². The second-order valence-corrected chi connectivity index (χ2v) is 6.31. The SMILES string of the molecule is Cc1ncccc1CN[C@@H](C[S@@](C)=O)c1ccccc1. The third kappa shape index (κ3) is 4.25. The Balaban J connectivity index is 2.09. The highest BCUT2D eigenvalue weighted by Crippen LogP contribution is 2.15. The van der Waals surface area contributed by atoms with Gasteiger partial charge in [-0.05, 0) is 24.1 Å². The van der Waals surface area contributed by atoms with Crippen LogP contribution in [0.2, 0.25) is 0 Å². The summed E-state index contributed by atoms with van der Waals surface area (Å²) < 4.78 is 11.6. The summed E-state index contributed by atoms with van der Waals surface area (Å²) in [4.78, 5) is 4.29. The van der Waals surface area contributed by atoms with Gasteiger partial charge >= 0.3 is 0 Å². The Labute approximate surface area is 122 Å². The Morgan fingerprint density at radius 3 is 2.60 bits per heavy atom. The van der Waals surface area contributed by atoms with Crippen molar-refractivity contribution in [3.05, 3.63) is 65.5 Å². The van der Waals surface area contributed by atoms with Crippen molar-refractivity contribution in [3.63, 3.8) is 0 Å². The van der Waals surface area contributed by atoms with Crippen LogP contribution in [0.15, 0.2) is 48.7 Å². The van der Waals surface area contributed by atoms with E-state index in [1.165, 1.54) is 11.1 Å². The lowest BCUT2D eigenvalue weighted by Crippen LogP contribution is -2.26. The fraction of sp³-hybridized carbons (Fsp3) is 0.312. The standard InChI is InChI=1S/C16H20N2OS/c1-13-15(9-6-10-17-13)11-18-16(12-20(2)19)14-7-4-3-5-8-14/h3-10,16,18H,11-12H2,1-2H3/t16-,20+/m0/s1. The van der Waals surface area contributed by atoms with Gasteiger partial charge < -0.3 is 5.32 Å². The highest BCUT2D eigenvalue weighted by molar-refractivity contribution is 7.84. The molecule has 1 aromatic carbocycles. The van der Waals surface area contributed by atoms with Crippen molar-refractivity contribution in [2.45, 2.75) is 19.5 Å². The van der Waals surface area contributed by atoms with Crippen LogP contribution < -0.4 is 5.32 Å². The lowest BCUT2D eigenvalue weighted by molar-refractivity contribution is 0.572. The Kier molecular flexibility index (Phi) is 5.44. The lowest BCUT2D eigenvalue weighted by atomic mass is 10.1. The molecule has 4 heteroatoms. The third-order valence-electron chi connectivity index (χ3n) is 3.26. The van der Waals surface area contributed by atoms with Crippen molar-refractivity contribution in [2.75, 3.05) is 12.0 Å². The first-order chi connectivity index (χ1) is 9.66. The van der Waals surface area contributed by atoms with Gasteiger partial charge in [0, 0.05) is 47.3 Å². The summed E-state index contributed by atoms with van der Waals surface area (Å²) in [7, 11) is -0.837. The smallest absolute Gasteiger partial charge is 0.0439 e. The van der Waals surface area contributed by atoms with E-state index in [-0.39, 0.29) is 6.04 Å². The Bertz CT molecular complexity index is 572. The molecule has 1 heterocycles. The van der Waals surface area contributed by atoms with E-state index in [0.29, 0.717) is 5.75 Å². The predicted octanol–water partition coefficient (Wildman–Crippen LogP) is 2.60. The summed E-state index contributed by atoms with van der Waals surface area (Å²) in [5, 5.41) is 3.49. The number of nitrogens with one attached hydrogen (secondary N) is 1. The number of benzene rings is 1. The molecule has 0 aliphatic heterocycles. The van der Waals surface area contributed by atoms with E-state index in [0.717, 1.165) is 12.2 Å². The lowest BCUT2D eigenvalue weighted by Gasteiger charge is -2.18. The molecule has 0 amide bonds. The molecule has 0 fully saturated rings. The summed E-state index contributed by atoms with van der Waals surface area (Å²) in [6, 6.07) is 14.3. The first kappa shape index (κ1) is 14.9. The molecular weight excluding hydrogens is 268 g/mol. The number of rotatable bonds is 6. The van der Waals surface area contributed by atoms with E-state index in [1.807, 2.05) is 31.2 Å². The van der Waals surface area contributed by atoms with Gasteiger partial charge in [0.1, 0.15) is 0 Å². The molecule has 106 valence electrons. The van der Waals surface area contributed by atoms with E-state index in [2.05, 4.69) is 28.5 Å². The monoisotopic (exact) mass is 288 g/mol. The number of aromatic nitrogens is 1. The zero-order chi connectivity index (χ0) is 14.4. The molecule has 0 spiro atoms. The van der Waals surface area contributed by atoms with Gasteiger partial charge in [-0.25, -0.2) is 0 Å². The molecule has 2 atom stereocenters. The van der Waals surface area contributed by atoms with Gasteiger partial charge in [0.2, 0.25) is 0 Å². The summed E-state index contributed by atoms with van der Waals surface area (Å²) in [6.45, 7) is 2.74. The molecule has 1 N–H and O–H groups in total. The zero-order valence-corrected chi connectivity index (χ0v) is 12.7. The molecule has 0 aliphatic rings. The fourth-order valence-electron chi connectivity index (χ4n) is 2.13. The van der Waals surface area contributed by atoms with Crippen LogP contribution in [-0.2, 0) is 17.3 Å². The Hall–Kier alpha value is -1.52. The van der Waals surface area contributed by atoms with E-state index in [1.54, 1.807) is 12.5 Å². The minimum absolute atomic E-state index is 0.0987. The highest BCUT2D eigenvalue weighted by Gasteiger charge is 2.13. The van der Waals surface area contributed by atoms with Gasteiger partial charge in [0.15, 0.2) is 0 Å². The first-order valence-electron chi connectivity index (χ1n) is 6.65. The minimum Gasteiger partial charge on any atom is -0.305 e. The minimum atomic E-state index is -0.837. The molecule has 3 nitrogen and oxygen atoms in total. The molecule has 2 aromatic rings. The van der Waals surface area contributed by atoms with Gasteiger partial charge in [-0.3, -0.25) is 9.19 Å². The van der Waals surface area contributed by atoms with Crippen molar-refractivity contribution < 1.29 is 4.21 Å². The van der Waals surface area contributed by atoms with Crippen LogP contribution in [0, 0.1) is 6.92 Å². The zero-order valence-electron chi connectivity index (χ0n) is 11.9. The average Bonchev–Trinajstić information content (AvgIpc) is 2.45. The molecule has 20 heavy (non-hydrogen) atoms. The summed E-state index contributed by atoms with van der Waals surface area (Å²) in [6.07, 6.45) is 3.54. The molecule has 0 unspecified atom stereocenters. The molecule has 0 aliphatic carbocycles. The van der Waals surface area contributed by atoms with Crippen LogP contribution in [0.3, 0.4) is 0 Å². The largest absolute Gasteiger partial charge is 0.305 e. The molecule has 0 saturated carbocycles.